The van der Waals surface area contributed by atoms with Gasteiger partial charge in [0.25, 0.3) is 0 Å². The molecule has 0 radical (unpaired) electrons. The number of hydrogen-bond donors (Lipinski definition) is 3. The highest BCUT2D eigenvalue weighted by molar-refractivity contribution is 5.78. The number of nitrogens with one attached hydrogen (secondary N) is 2. The summed E-state index contributed by atoms with van der Waals surface area (Å²) in [5, 5.41) is 16.5. The molecule has 1 saturated heterocycles. The Labute approximate surface area is 124 Å². The lowest BCUT2D eigenvalue weighted by atomic mass is 9.95. The van der Waals surface area contributed by atoms with E-state index in [-0.39, 0.29) is 24.5 Å². The van der Waals surface area contributed by atoms with Gasteiger partial charge in [-0.25, -0.2) is 0 Å². The molecule has 5 heteroatoms. The van der Waals surface area contributed by atoms with Crippen molar-refractivity contribution in [3.8, 4) is 0 Å². The summed E-state index contributed by atoms with van der Waals surface area (Å²) < 4.78 is 5.37. The van der Waals surface area contributed by atoms with E-state index >= 15 is 0 Å². The molecule has 1 fully saturated rings. The molecule has 0 spiro atoms. The minimum absolute atomic E-state index is 0.0222. The molecule has 2 heterocycles. The van der Waals surface area contributed by atoms with Crippen LogP contribution in [0.1, 0.15) is 31.2 Å². The number of hydrogen-bond acceptors (Lipinski definition) is 4. The SMILES string of the molecule is CC1OCCC1(O)CNC(=O)CC1CNc2ccccc21. The second kappa shape index (κ2) is 5.66. The quantitative estimate of drug-likeness (QED) is 0.780. The topological polar surface area (TPSA) is 70.6 Å². The van der Waals surface area contributed by atoms with E-state index in [1.807, 2.05) is 25.1 Å². The zero-order valence-corrected chi connectivity index (χ0v) is 12.3. The summed E-state index contributed by atoms with van der Waals surface area (Å²) in [7, 11) is 0. The highest BCUT2D eigenvalue weighted by atomic mass is 16.5. The van der Waals surface area contributed by atoms with Gasteiger partial charge in [0.15, 0.2) is 0 Å². The van der Waals surface area contributed by atoms with E-state index in [9.17, 15) is 9.90 Å². The van der Waals surface area contributed by atoms with Crippen molar-refractivity contribution >= 4 is 11.6 Å². The van der Waals surface area contributed by atoms with E-state index in [1.165, 1.54) is 5.56 Å². The summed E-state index contributed by atoms with van der Waals surface area (Å²) in [6.07, 6.45) is 0.782. The van der Waals surface area contributed by atoms with Gasteiger partial charge in [-0.2, -0.15) is 0 Å². The number of carbonyl (C=O) groups is 1. The van der Waals surface area contributed by atoms with Crippen molar-refractivity contribution in [2.24, 2.45) is 0 Å². The second-order valence-electron chi connectivity index (χ2n) is 6.01. The van der Waals surface area contributed by atoms with Crippen LogP contribution >= 0.6 is 0 Å². The van der Waals surface area contributed by atoms with Crippen LogP contribution in [0.5, 0.6) is 0 Å². The molecule has 3 atom stereocenters. The van der Waals surface area contributed by atoms with Crippen molar-refractivity contribution in [3.63, 3.8) is 0 Å². The molecule has 3 N–H and O–H groups in total. The second-order valence-corrected chi connectivity index (χ2v) is 6.01. The molecule has 114 valence electrons. The maximum atomic E-state index is 12.1. The first-order valence-corrected chi connectivity index (χ1v) is 7.52. The van der Waals surface area contributed by atoms with Crippen LogP contribution in [0.25, 0.3) is 0 Å². The molecule has 1 aromatic carbocycles. The normalized spacial score (nSPS) is 30.8. The van der Waals surface area contributed by atoms with Crippen molar-refractivity contribution in [2.45, 2.75) is 37.4 Å². The zero-order chi connectivity index (χ0) is 14.9. The Morgan fingerprint density at radius 1 is 1.52 bits per heavy atom. The zero-order valence-electron chi connectivity index (χ0n) is 12.3. The molecule has 1 aromatic rings. The predicted octanol–water partition coefficient (Wildman–Crippen LogP) is 1.24. The van der Waals surface area contributed by atoms with Crippen LogP contribution in [0.3, 0.4) is 0 Å². The number of anilines is 1. The van der Waals surface area contributed by atoms with E-state index in [0.29, 0.717) is 19.4 Å². The first kappa shape index (κ1) is 14.4. The number of benzene rings is 1. The molecular weight excluding hydrogens is 268 g/mol. The van der Waals surface area contributed by atoms with Crippen LogP contribution in [-0.4, -0.2) is 42.4 Å². The molecule has 0 aromatic heterocycles. The lowest BCUT2D eigenvalue weighted by molar-refractivity contribution is -0.123. The molecule has 1 amide bonds. The Morgan fingerprint density at radius 3 is 3.10 bits per heavy atom. The molecule has 21 heavy (non-hydrogen) atoms. The Morgan fingerprint density at radius 2 is 2.33 bits per heavy atom. The third kappa shape index (κ3) is 2.89. The first-order valence-electron chi connectivity index (χ1n) is 7.52. The van der Waals surface area contributed by atoms with Crippen molar-refractivity contribution < 1.29 is 14.6 Å². The lowest BCUT2D eigenvalue weighted by Crippen LogP contribution is -2.47. The van der Waals surface area contributed by atoms with Gasteiger partial charge in [-0.05, 0) is 18.6 Å². The van der Waals surface area contributed by atoms with Crippen LogP contribution < -0.4 is 10.6 Å². The number of ether oxygens (including phenoxy) is 1. The number of aliphatic hydroxyl groups is 1. The average molecular weight is 290 g/mol. The number of carbonyl (C=O) groups excluding carboxylic acids is 1. The fourth-order valence-corrected chi connectivity index (χ4v) is 3.09. The van der Waals surface area contributed by atoms with Crippen LogP contribution in [0.4, 0.5) is 5.69 Å². The Kier molecular flexibility index (Phi) is 3.87. The third-order valence-electron chi connectivity index (χ3n) is 4.62. The molecular formula is C16H22N2O3. The first-order chi connectivity index (χ1) is 10.1. The average Bonchev–Trinajstić information content (AvgIpc) is 3.03. The van der Waals surface area contributed by atoms with E-state index in [2.05, 4.69) is 16.7 Å². The van der Waals surface area contributed by atoms with E-state index in [4.69, 9.17) is 4.74 Å². The summed E-state index contributed by atoms with van der Waals surface area (Å²) in [6.45, 7) is 3.44. The van der Waals surface area contributed by atoms with Gasteiger partial charge in [0.1, 0.15) is 5.60 Å². The fraction of sp³-hybridized carbons (Fsp3) is 0.562. The largest absolute Gasteiger partial charge is 0.385 e. The maximum absolute atomic E-state index is 12.1. The van der Waals surface area contributed by atoms with Gasteiger partial charge in [-0.3, -0.25) is 4.79 Å². The highest BCUT2D eigenvalue weighted by Gasteiger charge is 2.39. The Balaban J connectivity index is 1.54. The number of para-hydroxylation sites is 1. The summed E-state index contributed by atoms with van der Waals surface area (Å²) in [5.41, 5.74) is 1.39. The standard InChI is InChI=1S/C16H22N2O3/c1-11-16(20,6-7-21-11)10-18-15(19)8-12-9-17-14-5-3-2-4-13(12)14/h2-5,11-12,17,20H,6-10H2,1H3,(H,18,19). The summed E-state index contributed by atoms with van der Waals surface area (Å²) >= 11 is 0. The van der Waals surface area contributed by atoms with Crippen LogP contribution in [0.2, 0.25) is 0 Å². The van der Waals surface area contributed by atoms with Crippen LogP contribution in [0.15, 0.2) is 24.3 Å². The van der Waals surface area contributed by atoms with Gasteiger partial charge in [0.05, 0.1) is 6.10 Å². The van der Waals surface area contributed by atoms with E-state index in [1.54, 1.807) is 0 Å². The van der Waals surface area contributed by atoms with Crippen molar-refractivity contribution in [1.82, 2.24) is 5.32 Å². The number of fused-ring (bicyclic) bond motifs is 1. The van der Waals surface area contributed by atoms with Gasteiger partial charge in [0.2, 0.25) is 5.91 Å². The predicted molar refractivity (Wildman–Crippen MR) is 80.3 cm³/mol. The number of rotatable bonds is 4. The molecule has 2 aliphatic rings. The highest BCUT2D eigenvalue weighted by Crippen LogP contribution is 2.33. The maximum Gasteiger partial charge on any atom is 0.220 e. The summed E-state index contributed by atoms with van der Waals surface area (Å²) in [6, 6.07) is 8.09. The summed E-state index contributed by atoms with van der Waals surface area (Å²) in [5.74, 6) is 0.180. The minimum atomic E-state index is -0.929. The molecule has 5 nitrogen and oxygen atoms in total. The van der Waals surface area contributed by atoms with Gasteiger partial charge < -0.3 is 20.5 Å². The smallest absolute Gasteiger partial charge is 0.220 e. The number of amides is 1. The van der Waals surface area contributed by atoms with E-state index in [0.717, 1.165) is 12.2 Å². The van der Waals surface area contributed by atoms with Crippen molar-refractivity contribution in [2.75, 3.05) is 25.0 Å². The molecule has 2 aliphatic heterocycles. The van der Waals surface area contributed by atoms with Crippen LogP contribution in [-0.2, 0) is 9.53 Å². The fourth-order valence-electron chi connectivity index (χ4n) is 3.09. The van der Waals surface area contributed by atoms with Gasteiger partial charge in [-0.15, -0.1) is 0 Å². The van der Waals surface area contributed by atoms with Gasteiger partial charge >= 0.3 is 0 Å². The Hall–Kier alpha value is -1.59. The minimum Gasteiger partial charge on any atom is -0.385 e. The molecule has 0 aliphatic carbocycles. The van der Waals surface area contributed by atoms with E-state index < -0.39 is 5.60 Å². The van der Waals surface area contributed by atoms with Crippen molar-refractivity contribution in [1.29, 1.82) is 0 Å². The van der Waals surface area contributed by atoms with Gasteiger partial charge in [0, 0.05) is 44.1 Å². The lowest BCUT2D eigenvalue weighted by Gasteiger charge is -2.26. The van der Waals surface area contributed by atoms with Crippen LogP contribution in [0, 0.1) is 0 Å². The summed E-state index contributed by atoms with van der Waals surface area (Å²) in [4.78, 5) is 12.1. The third-order valence-corrected chi connectivity index (χ3v) is 4.62. The molecule has 0 bridgehead atoms. The monoisotopic (exact) mass is 290 g/mol. The molecule has 3 rings (SSSR count). The Bertz CT molecular complexity index is 534. The van der Waals surface area contributed by atoms with Crippen molar-refractivity contribution in [3.05, 3.63) is 29.8 Å². The molecule has 3 unspecified atom stereocenters. The van der Waals surface area contributed by atoms with Gasteiger partial charge in [-0.1, -0.05) is 18.2 Å². The molecule has 0 saturated carbocycles.